The minimum Gasteiger partial charge on any atom is -0.317 e. The van der Waals surface area contributed by atoms with Gasteiger partial charge in [-0.25, -0.2) is 0 Å². The third-order valence-corrected chi connectivity index (χ3v) is 3.78. The predicted molar refractivity (Wildman–Crippen MR) is 69.7 cm³/mol. The molecular formula is C15H23N. The highest BCUT2D eigenvalue weighted by Crippen LogP contribution is 2.34. The van der Waals surface area contributed by atoms with E-state index < -0.39 is 0 Å². The van der Waals surface area contributed by atoms with Crippen molar-refractivity contribution in [2.24, 2.45) is 5.92 Å². The Morgan fingerprint density at radius 2 is 2.06 bits per heavy atom. The van der Waals surface area contributed by atoms with Crippen molar-refractivity contribution in [3.63, 3.8) is 0 Å². The maximum absolute atomic E-state index is 3.46. The topological polar surface area (TPSA) is 12.0 Å². The van der Waals surface area contributed by atoms with E-state index in [1.165, 1.54) is 43.2 Å². The van der Waals surface area contributed by atoms with Gasteiger partial charge in [0, 0.05) is 6.04 Å². The Balaban J connectivity index is 1.77. The first-order chi connectivity index (χ1) is 7.81. The van der Waals surface area contributed by atoms with Gasteiger partial charge in [-0.3, -0.25) is 0 Å². The smallest absolute Gasteiger partial charge is 0.00924 e. The maximum Gasteiger partial charge on any atom is 0.00924 e. The molecule has 1 heteroatoms. The van der Waals surface area contributed by atoms with Crippen LogP contribution < -0.4 is 5.32 Å². The summed E-state index contributed by atoms with van der Waals surface area (Å²) < 4.78 is 0. The van der Waals surface area contributed by atoms with E-state index >= 15 is 0 Å². The molecule has 1 saturated carbocycles. The quantitative estimate of drug-likeness (QED) is 0.771. The highest BCUT2D eigenvalue weighted by Gasteiger charge is 2.29. The number of hydrogen-bond donors (Lipinski definition) is 1. The average Bonchev–Trinajstić information content (AvgIpc) is 3.11. The fourth-order valence-electron chi connectivity index (χ4n) is 2.52. The molecule has 0 amide bonds. The second-order valence-corrected chi connectivity index (χ2v) is 5.05. The van der Waals surface area contributed by atoms with Crippen LogP contribution in [0.1, 0.15) is 36.8 Å². The average molecular weight is 217 g/mol. The minimum absolute atomic E-state index is 0.768. The Kier molecular flexibility index (Phi) is 4.00. The lowest BCUT2D eigenvalue weighted by Gasteiger charge is -2.15. The van der Waals surface area contributed by atoms with Gasteiger partial charge in [-0.2, -0.15) is 0 Å². The van der Waals surface area contributed by atoms with Crippen molar-refractivity contribution in [2.45, 2.75) is 45.1 Å². The molecular weight excluding hydrogens is 194 g/mol. The maximum atomic E-state index is 3.46. The molecule has 0 heterocycles. The van der Waals surface area contributed by atoms with Crippen LogP contribution in [-0.4, -0.2) is 13.1 Å². The first-order valence-electron chi connectivity index (χ1n) is 6.53. The van der Waals surface area contributed by atoms with Gasteiger partial charge in [0.25, 0.3) is 0 Å². The first kappa shape index (κ1) is 11.7. The molecule has 1 aromatic carbocycles. The molecule has 88 valence electrons. The highest BCUT2D eigenvalue weighted by molar-refractivity contribution is 5.25. The summed E-state index contributed by atoms with van der Waals surface area (Å²) in [4.78, 5) is 0. The summed E-state index contributed by atoms with van der Waals surface area (Å²) in [7, 11) is 2.11. The fourth-order valence-corrected chi connectivity index (χ4v) is 2.52. The predicted octanol–water partition coefficient (Wildman–Crippen LogP) is 3.32. The van der Waals surface area contributed by atoms with Crippen LogP contribution in [0.4, 0.5) is 0 Å². The van der Waals surface area contributed by atoms with Crippen molar-refractivity contribution in [3.05, 3.63) is 35.4 Å². The van der Waals surface area contributed by atoms with Crippen molar-refractivity contribution >= 4 is 0 Å². The third-order valence-electron chi connectivity index (χ3n) is 3.78. The molecule has 1 fully saturated rings. The fraction of sp³-hybridized carbons (Fsp3) is 0.600. The minimum atomic E-state index is 0.768. The summed E-state index contributed by atoms with van der Waals surface area (Å²) in [5.74, 6) is 0.974. The van der Waals surface area contributed by atoms with E-state index in [-0.39, 0.29) is 0 Å². The Morgan fingerprint density at radius 3 is 2.69 bits per heavy atom. The van der Waals surface area contributed by atoms with Gasteiger partial charge >= 0.3 is 0 Å². The van der Waals surface area contributed by atoms with E-state index in [2.05, 4.69) is 43.6 Å². The van der Waals surface area contributed by atoms with Crippen molar-refractivity contribution < 1.29 is 0 Å². The monoisotopic (exact) mass is 217 g/mol. The Bertz CT molecular complexity index is 328. The van der Waals surface area contributed by atoms with E-state index in [1.807, 2.05) is 0 Å². The summed E-state index contributed by atoms with van der Waals surface area (Å²) in [6.45, 7) is 2.21. The number of rotatable bonds is 6. The van der Waals surface area contributed by atoms with E-state index in [1.54, 1.807) is 0 Å². The molecule has 0 radical (unpaired) electrons. The second kappa shape index (κ2) is 5.49. The zero-order chi connectivity index (χ0) is 11.4. The molecule has 1 N–H and O–H groups in total. The number of aryl methyl sites for hydroxylation is 2. The normalized spacial score (nSPS) is 17.4. The van der Waals surface area contributed by atoms with Gasteiger partial charge in [-0.15, -0.1) is 0 Å². The molecule has 0 aliphatic heterocycles. The van der Waals surface area contributed by atoms with Gasteiger partial charge in [-0.05, 0) is 63.1 Å². The lowest BCUT2D eigenvalue weighted by Crippen LogP contribution is -2.27. The summed E-state index contributed by atoms with van der Waals surface area (Å²) in [6, 6.07) is 9.52. The number of benzene rings is 1. The van der Waals surface area contributed by atoms with Crippen molar-refractivity contribution in [3.8, 4) is 0 Å². The molecule has 0 bridgehead atoms. The lowest BCUT2D eigenvalue weighted by atomic mass is 9.99. The Hall–Kier alpha value is -0.820. The number of hydrogen-bond acceptors (Lipinski definition) is 1. The van der Waals surface area contributed by atoms with E-state index in [0.29, 0.717) is 0 Å². The molecule has 0 aromatic heterocycles. The molecule has 1 aromatic rings. The zero-order valence-corrected chi connectivity index (χ0v) is 10.5. The molecule has 1 unspecified atom stereocenters. The summed E-state index contributed by atoms with van der Waals surface area (Å²) in [5, 5.41) is 3.46. The summed E-state index contributed by atoms with van der Waals surface area (Å²) in [6.07, 6.45) is 6.76. The van der Waals surface area contributed by atoms with Crippen LogP contribution in [0.25, 0.3) is 0 Å². The molecule has 1 aliphatic carbocycles. The molecule has 0 saturated heterocycles. The van der Waals surface area contributed by atoms with Gasteiger partial charge in [-0.1, -0.05) is 24.3 Å². The van der Waals surface area contributed by atoms with Crippen LogP contribution in [-0.2, 0) is 6.42 Å². The molecule has 1 atom stereocenters. The van der Waals surface area contributed by atoms with Crippen LogP contribution in [0.15, 0.2) is 24.3 Å². The molecule has 2 rings (SSSR count). The van der Waals surface area contributed by atoms with Gasteiger partial charge < -0.3 is 5.32 Å². The first-order valence-corrected chi connectivity index (χ1v) is 6.53. The number of nitrogens with one attached hydrogen (secondary N) is 1. The van der Waals surface area contributed by atoms with Crippen LogP contribution in [0, 0.1) is 12.8 Å². The summed E-state index contributed by atoms with van der Waals surface area (Å²) in [5.41, 5.74) is 2.96. The lowest BCUT2D eigenvalue weighted by molar-refractivity contribution is 0.456. The Labute approximate surface area is 99.3 Å². The molecule has 1 nitrogen and oxygen atoms in total. The van der Waals surface area contributed by atoms with Gasteiger partial charge in [0.2, 0.25) is 0 Å². The van der Waals surface area contributed by atoms with Gasteiger partial charge in [0.05, 0.1) is 0 Å². The summed E-state index contributed by atoms with van der Waals surface area (Å²) >= 11 is 0. The molecule has 16 heavy (non-hydrogen) atoms. The van der Waals surface area contributed by atoms with Crippen LogP contribution in [0.3, 0.4) is 0 Å². The van der Waals surface area contributed by atoms with Crippen molar-refractivity contribution in [1.82, 2.24) is 5.32 Å². The van der Waals surface area contributed by atoms with Crippen molar-refractivity contribution in [1.29, 1.82) is 0 Å². The standard InChI is InChI=1S/C15H23N/c1-12-6-3-4-7-13(12)8-5-9-15(16-2)14-10-11-14/h3-4,6-7,14-16H,5,8-11H2,1-2H3. The van der Waals surface area contributed by atoms with E-state index in [9.17, 15) is 0 Å². The van der Waals surface area contributed by atoms with E-state index in [4.69, 9.17) is 0 Å². The van der Waals surface area contributed by atoms with Crippen LogP contribution in [0.5, 0.6) is 0 Å². The highest BCUT2D eigenvalue weighted by atomic mass is 14.9. The van der Waals surface area contributed by atoms with Crippen molar-refractivity contribution in [2.75, 3.05) is 7.05 Å². The SMILES string of the molecule is CNC(CCCc1ccccc1C)C1CC1. The van der Waals surface area contributed by atoms with Gasteiger partial charge in [0.1, 0.15) is 0 Å². The second-order valence-electron chi connectivity index (χ2n) is 5.05. The molecule has 0 spiro atoms. The third kappa shape index (κ3) is 3.08. The van der Waals surface area contributed by atoms with E-state index in [0.717, 1.165) is 12.0 Å². The van der Waals surface area contributed by atoms with Crippen LogP contribution >= 0.6 is 0 Å². The Morgan fingerprint density at radius 1 is 1.31 bits per heavy atom. The zero-order valence-electron chi connectivity index (χ0n) is 10.5. The largest absolute Gasteiger partial charge is 0.317 e. The van der Waals surface area contributed by atoms with Crippen LogP contribution in [0.2, 0.25) is 0 Å². The van der Waals surface area contributed by atoms with Gasteiger partial charge in [0.15, 0.2) is 0 Å². The molecule has 1 aliphatic rings.